The zero-order valence-electron chi connectivity index (χ0n) is 20.1. The van der Waals surface area contributed by atoms with Crippen molar-refractivity contribution in [2.45, 2.75) is 4.90 Å². The Hall–Kier alpha value is -3.56. The van der Waals surface area contributed by atoms with E-state index in [-0.39, 0.29) is 10.8 Å². The molecule has 1 amide bonds. The summed E-state index contributed by atoms with van der Waals surface area (Å²) in [4.78, 5) is 17.6. The van der Waals surface area contributed by atoms with Gasteiger partial charge < -0.3 is 19.9 Å². The van der Waals surface area contributed by atoms with Crippen LogP contribution in [0.4, 0.5) is 17.1 Å². The number of hydrogen-bond donors (Lipinski definition) is 1. The predicted molar refractivity (Wildman–Crippen MR) is 139 cm³/mol. The predicted octanol–water partition coefficient (Wildman–Crippen LogP) is 3.52. The van der Waals surface area contributed by atoms with E-state index in [0.29, 0.717) is 17.0 Å². The molecule has 8 nitrogen and oxygen atoms in total. The Morgan fingerprint density at radius 3 is 2.23 bits per heavy atom. The number of hydrogen-bond acceptors (Lipinski definition) is 6. The number of amides is 1. The number of ether oxygens (including phenoxy) is 1. The van der Waals surface area contributed by atoms with Crippen LogP contribution in [0.3, 0.4) is 0 Å². The maximum absolute atomic E-state index is 13.2. The highest BCUT2D eigenvalue weighted by Gasteiger charge is 2.24. The number of anilines is 3. The Morgan fingerprint density at radius 1 is 0.914 bits per heavy atom. The van der Waals surface area contributed by atoms with Crippen LogP contribution in [-0.4, -0.2) is 66.6 Å². The molecule has 0 atom stereocenters. The number of methoxy groups -OCH3 is 1. The highest BCUT2D eigenvalue weighted by Crippen LogP contribution is 2.31. The number of likely N-dealkylation sites (N-methyl/N-ethyl adjacent to an activating group) is 1. The Morgan fingerprint density at radius 2 is 1.54 bits per heavy atom. The highest BCUT2D eigenvalue weighted by molar-refractivity contribution is 7.92. The molecule has 0 unspecified atom stereocenters. The number of para-hydroxylation sites is 4. The van der Waals surface area contributed by atoms with Gasteiger partial charge in [0.15, 0.2) is 0 Å². The second-order valence-corrected chi connectivity index (χ2v) is 10.4. The largest absolute Gasteiger partial charge is 0.495 e. The van der Waals surface area contributed by atoms with E-state index in [2.05, 4.69) is 22.2 Å². The van der Waals surface area contributed by atoms with Crippen molar-refractivity contribution in [1.29, 1.82) is 0 Å². The summed E-state index contributed by atoms with van der Waals surface area (Å²) in [6.45, 7) is 3.69. The van der Waals surface area contributed by atoms with E-state index < -0.39 is 10.0 Å². The molecule has 9 heteroatoms. The van der Waals surface area contributed by atoms with E-state index >= 15 is 0 Å². The van der Waals surface area contributed by atoms with Gasteiger partial charge in [-0.05, 0) is 55.6 Å². The summed E-state index contributed by atoms with van der Waals surface area (Å²) in [5.41, 5.74) is 2.51. The molecule has 1 N–H and O–H groups in total. The fourth-order valence-corrected chi connectivity index (χ4v) is 5.26. The van der Waals surface area contributed by atoms with Gasteiger partial charge in [-0.25, -0.2) is 8.42 Å². The first-order valence-electron chi connectivity index (χ1n) is 11.4. The fraction of sp³-hybridized carbons (Fsp3) is 0.269. The first-order valence-corrected chi connectivity index (χ1v) is 12.8. The number of sulfonamides is 1. The molecule has 4 rings (SSSR count). The number of benzene rings is 3. The fourth-order valence-electron chi connectivity index (χ4n) is 4.05. The lowest BCUT2D eigenvalue weighted by Gasteiger charge is -2.35. The van der Waals surface area contributed by atoms with Gasteiger partial charge in [-0.3, -0.25) is 9.10 Å². The minimum Gasteiger partial charge on any atom is -0.495 e. The van der Waals surface area contributed by atoms with Gasteiger partial charge in [0.1, 0.15) is 5.75 Å². The molecule has 0 aliphatic carbocycles. The van der Waals surface area contributed by atoms with Crippen molar-refractivity contribution in [1.82, 2.24) is 4.90 Å². The average molecular weight is 495 g/mol. The van der Waals surface area contributed by atoms with Crippen LogP contribution in [0.15, 0.2) is 77.7 Å². The number of nitrogens with one attached hydrogen (secondary N) is 1. The van der Waals surface area contributed by atoms with E-state index in [9.17, 15) is 13.2 Å². The van der Waals surface area contributed by atoms with Crippen LogP contribution >= 0.6 is 0 Å². The van der Waals surface area contributed by atoms with Gasteiger partial charge in [-0.2, -0.15) is 0 Å². The van der Waals surface area contributed by atoms with Crippen LogP contribution in [0.2, 0.25) is 0 Å². The van der Waals surface area contributed by atoms with Crippen molar-refractivity contribution in [3.63, 3.8) is 0 Å². The van der Waals surface area contributed by atoms with Gasteiger partial charge >= 0.3 is 0 Å². The molecule has 0 saturated carbocycles. The number of rotatable bonds is 7. The van der Waals surface area contributed by atoms with Gasteiger partial charge in [0.25, 0.3) is 15.9 Å². The lowest BCUT2D eigenvalue weighted by Crippen LogP contribution is -2.44. The monoisotopic (exact) mass is 494 g/mol. The summed E-state index contributed by atoms with van der Waals surface area (Å²) in [7, 11) is 1.23. The van der Waals surface area contributed by atoms with Crippen LogP contribution in [0.25, 0.3) is 0 Å². The van der Waals surface area contributed by atoms with E-state index in [4.69, 9.17) is 4.74 Å². The summed E-state index contributed by atoms with van der Waals surface area (Å²) in [5, 5.41) is 2.99. The van der Waals surface area contributed by atoms with E-state index in [1.165, 1.54) is 42.7 Å². The molecular weight excluding hydrogens is 464 g/mol. The molecule has 1 aliphatic heterocycles. The molecule has 184 valence electrons. The topological polar surface area (TPSA) is 82.2 Å². The van der Waals surface area contributed by atoms with Crippen LogP contribution in [0.5, 0.6) is 5.75 Å². The highest BCUT2D eigenvalue weighted by atomic mass is 32.2. The molecule has 0 radical (unpaired) electrons. The summed E-state index contributed by atoms with van der Waals surface area (Å²) in [6, 6.07) is 20.6. The van der Waals surface area contributed by atoms with E-state index in [1.807, 2.05) is 24.3 Å². The Labute approximate surface area is 206 Å². The molecule has 1 heterocycles. The first-order chi connectivity index (χ1) is 16.8. The van der Waals surface area contributed by atoms with Gasteiger partial charge in [0.2, 0.25) is 0 Å². The third-order valence-electron chi connectivity index (χ3n) is 6.20. The molecule has 0 aromatic heterocycles. The van der Waals surface area contributed by atoms with Gasteiger partial charge in [-0.1, -0.05) is 24.3 Å². The maximum Gasteiger partial charge on any atom is 0.264 e. The molecule has 1 aliphatic rings. The molecule has 0 spiro atoms. The van der Waals surface area contributed by atoms with Crippen LogP contribution in [0.1, 0.15) is 10.4 Å². The van der Waals surface area contributed by atoms with Crippen molar-refractivity contribution >= 4 is 33.0 Å². The molecule has 3 aromatic carbocycles. The number of carbonyl (C=O) groups is 1. The lowest BCUT2D eigenvalue weighted by molar-refractivity contribution is 0.102. The minimum absolute atomic E-state index is 0.0836. The summed E-state index contributed by atoms with van der Waals surface area (Å²) >= 11 is 0. The van der Waals surface area contributed by atoms with E-state index in [1.54, 1.807) is 24.3 Å². The summed E-state index contributed by atoms with van der Waals surface area (Å²) in [5.74, 6) is 0.155. The minimum atomic E-state index is -3.84. The van der Waals surface area contributed by atoms with Crippen molar-refractivity contribution in [3.8, 4) is 5.75 Å². The first kappa shape index (κ1) is 24.6. The number of nitrogens with zero attached hydrogens (tertiary/aromatic N) is 3. The molecule has 1 fully saturated rings. The maximum atomic E-state index is 13.2. The van der Waals surface area contributed by atoms with Crippen LogP contribution in [0, 0.1) is 0 Å². The van der Waals surface area contributed by atoms with Crippen molar-refractivity contribution in [2.24, 2.45) is 0 Å². The SMILES string of the molecule is COc1ccccc1N(C)S(=O)(=O)c1ccc(C(=O)Nc2ccccc2N2CCN(C)CC2)cc1. The second-order valence-electron chi connectivity index (χ2n) is 8.43. The third-order valence-corrected chi connectivity index (χ3v) is 7.98. The molecule has 1 saturated heterocycles. The Bertz CT molecular complexity index is 1290. The second kappa shape index (κ2) is 10.4. The average Bonchev–Trinajstić information content (AvgIpc) is 2.89. The van der Waals surface area contributed by atoms with Crippen molar-refractivity contribution < 1.29 is 17.9 Å². The van der Waals surface area contributed by atoms with Gasteiger partial charge in [0, 0.05) is 38.8 Å². The van der Waals surface area contributed by atoms with Crippen molar-refractivity contribution in [2.75, 3.05) is 61.9 Å². The number of carbonyl (C=O) groups excluding carboxylic acids is 1. The quantitative estimate of drug-likeness (QED) is 0.541. The van der Waals surface area contributed by atoms with Gasteiger partial charge in [0.05, 0.1) is 29.1 Å². The lowest BCUT2D eigenvalue weighted by atomic mass is 10.2. The molecule has 35 heavy (non-hydrogen) atoms. The summed E-state index contributed by atoms with van der Waals surface area (Å²) in [6.07, 6.45) is 0. The summed E-state index contributed by atoms with van der Waals surface area (Å²) < 4.78 is 32.8. The molecule has 3 aromatic rings. The Balaban J connectivity index is 1.51. The Kier molecular flexibility index (Phi) is 7.28. The zero-order valence-corrected chi connectivity index (χ0v) is 21.0. The number of piperazine rings is 1. The normalized spacial score (nSPS) is 14.4. The molecule has 0 bridgehead atoms. The van der Waals surface area contributed by atoms with Gasteiger partial charge in [-0.15, -0.1) is 0 Å². The van der Waals surface area contributed by atoms with E-state index in [0.717, 1.165) is 37.6 Å². The van der Waals surface area contributed by atoms with Crippen LogP contribution < -0.4 is 19.3 Å². The smallest absolute Gasteiger partial charge is 0.264 e. The third kappa shape index (κ3) is 5.26. The van der Waals surface area contributed by atoms with Crippen molar-refractivity contribution in [3.05, 3.63) is 78.4 Å². The molecular formula is C26H30N4O4S. The van der Waals surface area contributed by atoms with Crippen LogP contribution in [-0.2, 0) is 10.0 Å². The standard InChI is InChI=1S/C26H30N4O4S/c1-28-16-18-30(19-17-28)23-9-5-4-8-22(23)27-26(31)20-12-14-21(15-13-20)35(32,33)29(2)24-10-6-7-11-25(24)34-3/h4-15H,16-19H2,1-3H3,(H,27,31). The zero-order chi connectivity index (χ0) is 25.0.